The van der Waals surface area contributed by atoms with Gasteiger partial charge in [0.05, 0.1) is 17.6 Å². The molecule has 3 aromatic rings. The molecule has 1 unspecified atom stereocenters. The lowest BCUT2D eigenvalue weighted by Gasteiger charge is -2.17. The molecule has 1 aromatic heterocycles. The third kappa shape index (κ3) is 3.60. The summed E-state index contributed by atoms with van der Waals surface area (Å²) in [6.07, 6.45) is -1.64. The number of para-hydroxylation sites is 2. The highest BCUT2D eigenvalue weighted by molar-refractivity contribution is 5.74. The van der Waals surface area contributed by atoms with Crippen LogP contribution in [0, 0.1) is 6.92 Å². The first-order chi connectivity index (χ1) is 11.1. The van der Waals surface area contributed by atoms with Crippen LogP contribution in [0.1, 0.15) is 17.5 Å². The van der Waals surface area contributed by atoms with Crippen LogP contribution in [0.5, 0.6) is 5.75 Å². The number of H-pyrrole nitrogens is 1. The highest BCUT2D eigenvalue weighted by atomic mass is 16.5. The summed E-state index contributed by atoms with van der Waals surface area (Å²) in [5.74, 6) is 1.24. The Balaban J connectivity index is 1.87. The molecule has 1 heterocycles. The molecule has 2 aromatic carbocycles. The molecule has 0 fully saturated rings. The van der Waals surface area contributed by atoms with E-state index in [-0.39, 0.29) is 6.54 Å². The topological polar surface area (TPSA) is 87.2 Å². The number of fused-ring (bicyclic) bond motifs is 1. The van der Waals surface area contributed by atoms with Gasteiger partial charge in [-0.25, -0.2) is 9.78 Å². The molecule has 118 valence electrons. The molecule has 0 saturated carbocycles. The number of hydrogen-bond donors (Lipinski definition) is 3. The van der Waals surface area contributed by atoms with Crippen molar-refractivity contribution in [1.82, 2.24) is 15.3 Å². The zero-order valence-corrected chi connectivity index (χ0v) is 12.6. The third-order valence-electron chi connectivity index (χ3n) is 3.45. The van der Waals surface area contributed by atoms with E-state index in [9.17, 15) is 4.79 Å². The van der Waals surface area contributed by atoms with Gasteiger partial charge in [0.2, 0.25) is 0 Å². The molecule has 0 spiro atoms. The molecular weight excluding hydrogens is 294 g/mol. The number of carboxylic acid groups (broad SMARTS) is 1. The van der Waals surface area contributed by atoms with Crippen molar-refractivity contribution in [2.45, 2.75) is 13.0 Å². The fraction of sp³-hybridized carbons (Fsp3) is 0.176. The highest BCUT2D eigenvalue weighted by Gasteiger charge is 2.19. The summed E-state index contributed by atoms with van der Waals surface area (Å²) in [6.45, 7) is 2.09. The van der Waals surface area contributed by atoms with Gasteiger partial charge in [0.1, 0.15) is 11.6 Å². The Labute approximate surface area is 133 Å². The molecule has 0 radical (unpaired) electrons. The zero-order valence-electron chi connectivity index (χ0n) is 12.6. The molecular formula is C17H17N3O3. The fourth-order valence-corrected chi connectivity index (χ4v) is 2.28. The Kier molecular flexibility index (Phi) is 4.14. The molecule has 23 heavy (non-hydrogen) atoms. The maximum Gasteiger partial charge on any atom is 0.404 e. The molecule has 0 bridgehead atoms. The Morgan fingerprint density at radius 1 is 1.26 bits per heavy atom. The van der Waals surface area contributed by atoms with Gasteiger partial charge in [0.25, 0.3) is 0 Å². The molecule has 1 amide bonds. The maximum atomic E-state index is 10.8. The van der Waals surface area contributed by atoms with E-state index in [1.807, 2.05) is 55.5 Å². The average Bonchev–Trinajstić information content (AvgIpc) is 2.97. The largest absolute Gasteiger partial charge is 0.481 e. The molecule has 1 atom stereocenters. The number of aromatic nitrogens is 2. The van der Waals surface area contributed by atoms with Gasteiger partial charge in [0.15, 0.2) is 6.10 Å². The summed E-state index contributed by atoms with van der Waals surface area (Å²) in [4.78, 5) is 18.5. The minimum Gasteiger partial charge on any atom is -0.481 e. The Morgan fingerprint density at radius 2 is 2.00 bits per heavy atom. The first-order valence-electron chi connectivity index (χ1n) is 7.26. The number of aryl methyl sites for hydroxylation is 1. The van der Waals surface area contributed by atoms with E-state index in [0.29, 0.717) is 11.6 Å². The second-order valence-corrected chi connectivity index (χ2v) is 5.24. The van der Waals surface area contributed by atoms with E-state index in [1.165, 1.54) is 0 Å². The number of imidazole rings is 1. The van der Waals surface area contributed by atoms with Crippen molar-refractivity contribution in [2.75, 3.05) is 6.54 Å². The van der Waals surface area contributed by atoms with Crippen molar-refractivity contribution >= 4 is 17.1 Å². The molecule has 0 saturated heterocycles. The quantitative estimate of drug-likeness (QED) is 0.675. The molecule has 6 heteroatoms. The molecule has 3 rings (SSSR count). The highest BCUT2D eigenvalue weighted by Crippen LogP contribution is 2.22. The third-order valence-corrected chi connectivity index (χ3v) is 3.45. The summed E-state index contributed by atoms with van der Waals surface area (Å²) >= 11 is 0. The van der Waals surface area contributed by atoms with Gasteiger partial charge in [-0.15, -0.1) is 0 Å². The summed E-state index contributed by atoms with van der Waals surface area (Å²) in [7, 11) is 0. The summed E-state index contributed by atoms with van der Waals surface area (Å²) in [6, 6.07) is 15.2. The lowest BCUT2D eigenvalue weighted by Crippen LogP contribution is -2.29. The summed E-state index contributed by atoms with van der Waals surface area (Å²) < 4.78 is 5.92. The lowest BCUT2D eigenvalue weighted by atomic mass is 10.2. The normalized spacial score (nSPS) is 12.0. The zero-order chi connectivity index (χ0) is 16.2. The minimum atomic E-state index is -1.10. The van der Waals surface area contributed by atoms with E-state index >= 15 is 0 Å². The first-order valence-corrected chi connectivity index (χ1v) is 7.26. The van der Waals surface area contributed by atoms with E-state index in [2.05, 4.69) is 15.3 Å². The second-order valence-electron chi connectivity index (χ2n) is 5.24. The molecule has 6 nitrogen and oxygen atoms in total. The van der Waals surface area contributed by atoms with Gasteiger partial charge in [-0.2, -0.15) is 0 Å². The number of aromatic amines is 1. The standard InChI is InChI=1S/C17H17N3O3/c1-11-6-8-12(9-7-11)23-15(10-18-17(21)22)16-19-13-4-2-3-5-14(13)20-16/h2-9,15,18H,10H2,1H3,(H,19,20)(H,21,22). The average molecular weight is 311 g/mol. The van der Waals surface area contributed by atoms with Gasteiger partial charge in [-0.05, 0) is 31.2 Å². The number of ether oxygens (including phenoxy) is 1. The minimum absolute atomic E-state index is 0.100. The van der Waals surface area contributed by atoms with E-state index < -0.39 is 12.2 Å². The number of nitrogens with zero attached hydrogens (tertiary/aromatic N) is 1. The predicted octanol–water partition coefficient (Wildman–Crippen LogP) is 3.26. The van der Waals surface area contributed by atoms with Gasteiger partial charge < -0.3 is 20.1 Å². The van der Waals surface area contributed by atoms with Crippen molar-refractivity contribution in [2.24, 2.45) is 0 Å². The van der Waals surface area contributed by atoms with Crippen molar-refractivity contribution in [3.8, 4) is 5.75 Å². The summed E-state index contributed by atoms with van der Waals surface area (Å²) in [5.41, 5.74) is 2.83. The van der Waals surface area contributed by atoms with Gasteiger partial charge in [-0.1, -0.05) is 29.8 Å². The SMILES string of the molecule is Cc1ccc(OC(CNC(=O)O)c2nc3ccccc3[nH]2)cc1. The van der Waals surface area contributed by atoms with Crippen molar-refractivity contribution in [1.29, 1.82) is 0 Å². The predicted molar refractivity (Wildman–Crippen MR) is 86.7 cm³/mol. The molecule has 3 N–H and O–H groups in total. The fourth-order valence-electron chi connectivity index (χ4n) is 2.28. The van der Waals surface area contributed by atoms with Crippen LogP contribution >= 0.6 is 0 Å². The van der Waals surface area contributed by atoms with Crippen LogP contribution in [-0.4, -0.2) is 27.7 Å². The van der Waals surface area contributed by atoms with Crippen LogP contribution in [0.2, 0.25) is 0 Å². The Hall–Kier alpha value is -3.02. The maximum absolute atomic E-state index is 10.8. The number of nitrogens with one attached hydrogen (secondary N) is 2. The van der Waals surface area contributed by atoms with Crippen LogP contribution in [0.4, 0.5) is 4.79 Å². The van der Waals surface area contributed by atoms with Crippen molar-refractivity contribution < 1.29 is 14.6 Å². The van der Waals surface area contributed by atoms with Gasteiger partial charge in [0, 0.05) is 0 Å². The molecule has 0 aliphatic rings. The molecule has 0 aliphatic heterocycles. The van der Waals surface area contributed by atoms with Crippen LogP contribution in [0.15, 0.2) is 48.5 Å². The van der Waals surface area contributed by atoms with E-state index in [4.69, 9.17) is 9.84 Å². The van der Waals surface area contributed by atoms with E-state index in [0.717, 1.165) is 16.6 Å². The smallest absolute Gasteiger partial charge is 0.404 e. The van der Waals surface area contributed by atoms with Crippen molar-refractivity contribution in [3.05, 3.63) is 59.9 Å². The van der Waals surface area contributed by atoms with Crippen LogP contribution in [0.3, 0.4) is 0 Å². The Morgan fingerprint density at radius 3 is 2.70 bits per heavy atom. The van der Waals surface area contributed by atoms with E-state index in [1.54, 1.807) is 0 Å². The summed E-state index contributed by atoms with van der Waals surface area (Å²) in [5, 5.41) is 11.2. The van der Waals surface area contributed by atoms with Crippen LogP contribution in [-0.2, 0) is 0 Å². The molecule has 0 aliphatic carbocycles. The second kappa shape index (κ2) is 6.39. The lowest BCUT2D eigenvalue weighted by molar-refractivity contribution is 0.169. The monoisotopic (exact) mass is 311 g/mol. The number of benzene rings is 2. The number of amides is 1. The van der Waals surface area contributed by atoms with Crippen LogP contribution < -0.4 is 10.1 Å². The number of carbonyl (C=O) groups is 1. The first kappa shape index (κ1) is 14.9. The van der Waals surface area contributed by atoms with Gasteiger partial charge >= 0.3 is 6.09 Å². The number of hydrogen-bond acceptors (Lipinski definition) is 3. The van der Waals surface area contributed by atoms with Gasteiger partial charge in [-0.3, -0.25) is 0 Å². The number of rotatable bonds is 5. The van der Waals surface area contributed by atoms with Crippen LogP contribution in [0.25, 0.3) is 11.0 Å². The Bertz CT molecular complexity index is 778. The van der Waals surface area contributed by atoms with Crippen molar-refractivity contribution in [3.63, 3.8) is 0 Å².